The highest BCUT2D eigenvalue weighted by molar-refractivity contribution is 6.31. The summed E-state index contributed by atoms with van der Waals surface area (Å²) in [5, 5.41) is 13.4. The lowest BCUT2D eigenvalue weighted by atomic mass is 10.3. The normalized spacial score (nSPS) is 10.2. The molecular formula is C9H7ClN4O3. The van der Waals surface area contributed by atoms with Crippen LogP contribution in [0.3, 0.4) is 0 Å². The Bertz CT molecular complexity index is 529. The van der Waals surface area contributed by atoms with Crippen molar-refractivity contribution in [3.8, 4) is 0 Å². The molecule has 1 N–H and O–H groups in total. The second-order valence-corrected chi connectivity index (χ2v) is 3.46. The molecule has 0 saturated carbocycles. The Morgan fingerprint density at radius 3 is 3.00 bits per heavy atom. The van der Waals surface area contributed by atoms with E-state index in [-0.39, 0.29) is 16.7 Å². The van der Waals surface area contributed by atoms with E-state index < -0.39 is 4.92 Å². The van der Waals surface area contributed by atoms with Gasteiger partial charge >= 0.3 is 5.69 Å². The van der Waals surface area contributed by atoms with E-state index in [0.29, 0.717) is 6.54 Å². The van der Waals surface area contributed by atoms with Crippen molar-refractivity contribution in [3.05, 3.63) is 45.8 Å². The average molecular weight is 255 g/mol. The number of nitro groups is 1. The van der Waals surface area contributed by atoms with Gasteiger partial charge in [-0.15, -0.1) is 0 Å². The summed E-state index contributed by atoms with van der Waals surface area (Å²) in [7, 11) is 0. The maximum atomic E-state index is 10.8. The van der Waals surface area contributed by atoms with E-state index in [4.69, 9.17) is 16.0 Å². The molecule has 0 spiro atoms. The molecule has 0 aliphatic heterocycles. The monoisotopic (exact) mass is 254 g/mol. The molecule has 7 nitrogen and oxygen atoms in total. The van der Waals surface area contributed by atoms with Gasteiger partial charge in [0.15, 0.2) is 0 Å². The van der Waals surface area contributed by atoms with Crippen LogP contribution in [0.4, 0.5) is 11.5 Å². The van der Waals surface area contributed by atoms with E-state index in [1.54, 1.807) is 6.07 Å². The SMILES string of the molecule is O=[N+]([O-])c1c(Cl)ncnc1NCc1ccoc1. The number of rotatable bonds is 4. The zero-order valence-electron chi connectivity index (χ0n) is 8.46. The van der Waals surface area contributed by atoms with Gasteiger partial charge < -0.3 is 9.73 Å². The molecule has 8 heteroatoms. The Balaban J connectivity index is 2.21. The lowest BCUT2D eigenvalue weighted by Gasteiger charge is -2.04. The molecule has 0 fully saturated rings. The Morgan fingerprint density at radius 2 is 2.35 bits per heavy atom. The Morgan fingerprint density at radius 1 is 1.53 bits per heavy atom. The zero-order valence-corrected chi connectivity index (χ0v) is 9.22. The number of anilines is 1. The third-order valence-corrected chi connectivity index (χ3v) is 2.28. The summed E-state index contributed by atoms with van der Waals surface area (Å²) in [5.74, 6) is 0.0798. The summed E-state index contributed by atoms with van der Waals surface area (Å²) in [6.07, 6.45) is 4.20. The smallest absolute Gasteiger partial charge is 0.348 e. The van der Waals surface area contributed by atoms with Crippen molar-refractivity contribution in [2.75, 3.05) is 5.32 Å². The molecule has 0 radical (unpaired) electrons. The van der Waals surface area contributed by atoms with Crippen LogP contribution in [0.5, 0.6) is 0 Å². The van der Waals surface area contributed by atoms with E-state index >= 15 is 0 Å². The zero-order chi connectivity index (χ0) is 12.3. The van der Waals surface area contributed by atoms with Gasteiger partial charge in [0.2, 0.25) is 11.0 Å². The van der Waals surface area contributed by atoms with Gasteiger partial charge in [-0.1, -0.05) is 11.6 Å². The Hall–Kier alpha value is -2.15. The molecular weight excluding hydrogens is 248 g/mol. The van der Waals surface area contributed by atoms with E-state index in [0.717, 1.165) is 11.9 Å². The largest absolute Gasteiger partial charge is 0.472 e. The number of nitrogens with zero attached hydrogens (tertiary/aromatic N) is 3. The van der Waals surface area contributed by atoms with Gasteiger partial charge in [0.05, 0.1) is 17.4 Å². The molecule has 0 aromatic carbocycles. The summed E-state index contributed by atoms with van der Waals surface area (Å²) < 4.78 is 4.87. The van der Waals surface area contributed by atoms with Crippen LogP contribution in [0, 0.1) is 10.1 Å². The first-order chi connectivity index (χ1) is 8.18. The fraction of sp³-hybridized carbons (Fsp3) is 0.111. The van der Waals surface area contributed by atoms with Crippen LogP contribution in [0.15, 0.2) is 29.3 Å². The second-order valence-electron chi connectivity index (χ2n) is 3.10. The molecule has 2 aromatic rings. The third-order valence-electron chi connectivity index (χ3n) is 2.00. The lowest BCUT2D eigenvalue weighted by molar-refractivity contribution is -0.384. The van der Waals surface area contributed by atoms with E-state index in [1.165, 1.54) is 12.5 Å². The highest BCUT2D eigenvalue weighted by atomic mass is 35.5. The Kier molecular flexibility index (Phi) is 3.20. The first-order valence-corrected chi connectivity index (χ1v) is 4.96. The minimum absolute atomic E-state index is 0.0798. The molecule has 0 saturated heterocycles. The molecule has 2 heterocycles. The van der Waals surface area contributed by atoms with Crippen LogP contribution in [0.1, 0.15) is 5.56 Å². The standard InChI is InChI=1S/C9H7ClN4O3/c10-8-7(14(15)16)9(13-5-12-8)11-3-6-1-2-17-4-6/h1-2,4-5H,3H2,(H,11,12,13). The summed E-state index contributed by atoms with van der Waals surface area (Å²) in [5.41, 5.74) is 0.506. The highest BCUT2D eigenvalue weighted by Gasteiger charge is 2.21. The van der Waals surface area contributed by atoms with Gasteiger partial charge in [-0.25, -0.2) is 9.97 Å². The number of furan rings is 1. The van der Waals surface area contributed by atoms with Crippen molar-refractivity contribution < 1.29 is 9.34 Å². The predicted octanol–water partition coefficient (Wildman–Crippen LogP) is 2.24. The van der Waals surface area contributed by atoms with Gasteiger partial charge in [0.25, 0.3) is 0 Å². The maximum absolute atomic E-state index is 10.8. The predicted molar refractivity (Wildman–Crippen MR) is 59.7 cm³/mol. The maximum Gasteiger partial charge on any atom is 0.348 e. The Labute approximate surface area is 101 Å². The summed E-state index contributed by atoms with van der Waals surface area (Å²) in [6, 6.07) is 1.74. The lowest BCUT2D eigenvalue weighted by Crippen LogP contribution is -2.05. The van der Waals surface area contributed by atoms with Crippen LogP contribution in [-0.4, -0.2) is 14.9 Å². The number of hydrogen-bond donors (Lipinski definition) is 1. The number of hydrogen-bond acceptors (Lipinski definition) is 6. The first kappa shape index (κ1) is 11.3. The molecule has 0 aliphatic carbocycles. The molecule has 88 valence electrons. The second kappa shape index (κ2) is 4.79. The molecule has 0 atom stereocenters. The fourth-order valence-electron chi connectivity index (χ4n) is 1.23. The van der Waals surface area contributed by atoms with Gasteiger partial charge in [0.1, 0.15) is 6.33 Å². The van der Waals surface area contributed by atoms with Crippen molar-refractivity contribution in [3.63, 3.8) is 0 Å². The third kappa shape index (κ3) is 2.51. The quantitative estimate of drug-likeness (QED) is 0.511. The van der Waals surface area contributed by atoms with Crippen molar-refractivity contribution >= 4 is 23.1 Å². The van der Waals surface area contributed by atoms with Crippen molar-refractivity contribution in [2.24, 2.45) is 0 Å². The van der Waals surface area contributed by atoms with Gasteiger partial charge in [-0.2, -0.15) is 0 Å². The van der Waals surface area contributed by atoms with Crippen LogP contribution in [-0.2, 0) is 6.54 Å². The summed E-state index contributed by atoms with van der Waals surface area (Å²) >= 11 is 5.63. The number of aromatic nitrogens is 2. The molecule has 0 amide bonds. The van der Waals surface area contributed by atoms with Crippen molar-refractivity contribution in [1.29, 1.82) is 0 Å². The van der Waals surface area contributed by atoms with Crippen LogP contribution in [0.2, 0.25) is 5.15 Å². The van der Waals surface area contributed by atoms with Crippen molar-refractivity contribution in [1.82, 2.24) is 9.97 Å². The molecule has 0 bridgehead atoms. The summed E-state index contributed by atoms with van der Waals surface area (Å²) in [4.78, 5) is 17.5. The molecule has 17 heavy (non-hydrogen) atoms. The van der Waals surface area contributed by atoms with E-state index in [1.807, 2.05) is 0 Å². The highest BCUT2D eigenvalue weighted by Crippen LogP contribution is 2.28. The van der Waals surface area contributed by atoms with Crippen LogP contribution in [0.25, 0.3) is 0 Å². The minimum atomic E-state index is -0.625. The van der Waals surface area contributed by atoms with Crippen LogP contribution >= 0.6 is 11.6 Å². The number of nitrogens with one attached hydrogen (secondary N) is 1. The summed E-state index contributed by atoms with van der Waals surface area (Å²) in [6.45, 7) is 0.352. The minimum Gasteiger partial charge on any atom is -0.472 e. The molecule has 2 aromatic heterocycles. The first-order valence-electron chi connectivity index (χ1n) is 4.58. The topological polar surface area (TPSA) is 94.1 Å². The van der Waals surface area contributed by atoms with E-state index in [2.05, 4.69) is 15.3 Å². The van der Waals surface area contributed by atoms with Gasteiger partial charge in [0, 0.05) is 12.1 Å². The van der Waals surface area contributed by atoms with Gasteiger partial charge in [-0.3, -0.25) is 10.1 Å². The van der Waals surface area contributed by atoms with Crippen molar-refractivity contribution in [2.45, 2.75) is 6.54 Å². The fourth-order valence-corrected chi connectivity index (χ4v) is 1.43. The van der Waals surface area contributed by atoms with Crippen LogP contribution < -0.4 is 5.32 Å². The molecule has 0 unspecified atom stereocenters. The molecule has 2 rings (SSSR count). The number of halogens is 1. The van der Waals surface area contributed by atoms with E-state index in [9.17, 15) is 10.1 Å². The van der Waals surface area contributed by atoms with Gasteiger partial charge in [-0.05, 0) is 6.07 Å². The average Bonchev–Trinajstić information content (AvgIpc) is 2.78. The molecule has 0 aliphatic rings.